The molecule has 0 amide bonds. The quantitative estimate of drug-likeness (QED) is 0.354. The summed E-state index contributed by atoms with van der Waals surface area (Å²) in [5.41, 5.74) is 12.6. The second-order valence-corrected chi connectivity index (χ2v) is 6.08. The van der Waals surface area contributed by atoms with Crippen LogP contribution in [-0.4, -0.2) is 26.1 Å². The van der Waals surface area contributed by atoms with E-state index < -0.39 is 0 Å². The molecule has 138 valence electrons. The van der Waals surface area contributed by atoms with Gasteiger partial charge in [0.05, 0.1) is 12.0 Å². The van der Waals surface area contributed by atoms with Gasteiger partial charge in [-0.25, -0.2) is 4.39 Å². The number of rotatable bonds is 6. The van der Waals surface area contributed by atoms with Gasteiger partial charge in [0.2, 0.25) is 5.82 Å². The number of nitrogen functional groups attached to an aromatic ring is 2. The van der Waals surface area contributed by atoms with Gasteiger partial charge in [-0.05, 0) is 42.7 Å². The Hall–Kier alpha value is -3.62. The van der Waals surface area contributed by atoms with Gasteiger partial charge in [-0.15, -0.1) is 5.10 Å². The largest absolute Gasteiger partial charge is 0.461 e. The highest BCUT2D eigenvalue weighted by Gasteiger charge is 2.12. The Bertz CT molecular complexity index is 1070. The second kappa shape index (κ2) is 6.94. The van der Waals surface area contributed by atoms with Gasteiger partial charge in [0.15, 0.2) is 5.76 Å². The molecule has 0 atom stereocenters. The number of halogens is 1. The van der Waals surface area contributed by atoms with Crippen molar-refractivity contribution in [3.63, 3.8) is 0 Å². The van der Waals surface area contributed by atoms with E-state index in [0.717, 1.165) is 18.4 Å². The van der Waals surface area contributed by atoms with E-state index >= 15 is 0 Å². The Morgan fingerprint density at radius 3 is 2.81 bits per heavy atom. The van der Waals surface area contributed by atoms with E-state index in [0.29, 0.717) is 35.5 Å². The number of anilines is 3. The maximum Gasteiger partial charge on any atom is 0.256 e. The summed E-state index contributed by atoms with van der Waals surface area (Å²) in [6, 6.07) is 10.1. The Morgan fingerprint density at radius 1 is 1.15 bits per heavy atom. The number of aromatic nitrogens is 4. The third-order valence-corrected chi connectivity index (χ3v) is 4.09. The van der Waals surface area contributed by atoms with Crippen LogP contribution in [0.5, 0.6) is 0 Å². The number of nitrogens with one attached hydrogen (secondary N) is 1. The number of furan rings is 1. The molecule has 0 spiro atoms. The first-order valence-corrected chi connectivity index (χ1v) is 8.45. The molecule has 3 aromatic heterocycles. The monoisotopic (exact) mass is 367 g/mol. The van der Waals surface area contributed by atoms with Crippen LogP contribution in [-0.2, 0) is 6.42 Å². The molecule has 0 radical (unpaired) electrons. The van der Waals surface area contributed by atoms with Crippen LogP contribution in [0.25, 0.3) is 17.4 Å². The predicted octanol–water partition coefficient (Wildman–Crippen LogP) is 2.73. The molecule has 0 unspecified atom stereocenters. The van der Waals surface area contributed by atoms with Crippen molar-refractivity contribution in [3.8, 4) is 11.6 Å². The Morgan fingerprint density at radius 2 is 2.04 bits per heavy atom. The molecule has 4 rings (SSSR count). The number of nitrogens with zero attached hydrogens (tertiary/aromatic N) is 4. The molecule has 0 saturated carbocycles. The Labute approximate surface area is 154 Å². The van der Waals surface area contributed by atoms with E-state index in [1.807, 2.05) is 6.07 Å². The maximum absolute atomic E-state index is 13.5. The van der Waals surface area contributed by atoms with E-state index in [9.17, 15) is 4.39 Å². The summed E-state index contributed by atoms with van der Waals surface area (Å²) < 4.78 is 20.2. The van der Waals surface area contributed by atoms with E-state index in [4.69, 9.17) is 15.9 Å². The Balaban J connectivity index is 1.42. The van der Waals surface area contributed by atoms with Gasteiger partial charge in [-0.2, -0.15) is 14.5 Å². The van der Waals surface area contributed by atoms with Crippen molar-refractivity contribution in [3.05, 3.63) is 54.0 Å². The summed E-state index contributed by atoms with van der Waals surface area (Å²) >= 11 is 0. The van der Waals surface area contributed by atoms with Gasteiger partial charge in [0.1, 0.15) is 17.5 Å². The second-order valence-electron chi connectivity index (χ2n) is 6.08. The van der Waals surface area contributed by atoms with Crippen LogP contribution in [0.1, 0.15) is 12.0 Å². The number of aryl methyl sites for hydroxylation is 1. The zero-order valence-electron chi connectivity index (χ0n) is 14.4. The molecule has 0 bridgehead atoms. The minimum atomic E-state index is -0.389. The number of nitrogens with two attached hydrogens (primary N) is 2. The fourth-order valence-corrected chi connectivity index (χ4v) is 2.73. The lowest BCUT2D eigenvalue weighted by molar-refractivity contribution is 0.577. The summed E-state index contributed by atoms with van der Waals surface area (Å²) in [7, 11) is 0. The van der Waals surface area contributed by atoms with Crippen molar-refractivity contribution < 1.29 is 8.81 Å². The van der Waals surface area contributed by atoms with Crippen LogP contribution in [0.15, 0.2) is 47.1 Å². The summed E-state index contributed by atoms with van der Waals surface area (Å²) in [4.78, 5) is 8.76. The first kappa shape index (κ1) is 16.8. The number of hydrogen-bond donors (Lipinski definition) is 3. The first-order valence-electron chi connectivity index (χ1n) is 8.45. The van der Waals surface area contributed by atoms with Crippen LogP contribution in [0, 0.1) is 5.82 Å². The smallest absolute Gasteiger partial charge is 0.256 e. The van der Waals surface area contributed by atoms with Gasteiger partial charge in [0.25, 0.3) is 5.78 Å². The number of fused-ring (bicyclic) bond motifs is 1. The topological polar surface area (TPSA) is 120 Å². The molecular weight excluding hydrogens is 349 g/mol. The van der Waals surface area contributed by atoms with Crippen molar-refractivity contribution in [2.75, 3.05) is 23.3 Å². The molecule has 9 heteroatoms. The van der Waals surface area contributed by atoms with Crippen molar-refractivity contribution in [1.29, 1.82) is 0 Å². The lowest BCUT2D eigenvalue weighted by Gasteiger charge is -2.07. The SMILES string of the molecule is Nc1ccc(CCCNc2cc(N)n3nc(-c4ccco4)nc3n2)cc1F. The van der Waals surface area contributed by atoms with Crippen LogP contribution in [0.3, 0.4) is 0 Å². The van der Waals surface area contributed by atoms with Gasteiger partial charge < -0.3 is 21.2 Å². The normalized spacial score (nSPS) is 11.1. The molecule has 8 nitrogen and oxygen atoms in total. The zero-order chi connectivity index (χ0) is 18.8. The van der Waals surface area contributed by atoms with Crippen LogP contribution in [0.4, 0.5) is 21.7 Å². The molecule has 27 heavy (non-hydrogen) atoms. The number of benzene rings is 1. The highest BCUT2D eigenvalue weighted by Crippen LogP contribution is 2.19. The molecule has 3 heterocycles. The summed E-state index contributed by atoms with van der Waals surface area (Å²) in [5.74, 6) is 1.96. The molecule has 5 N–H and O–H groups in total. The molecule has 0 fully saturated rings. The molecule has 0 aliphatic heterocycles. The lowest BCUT2D eigenvalue weighted by Crippen LogP contribution is -2.08. The van der Waals surface area contributed by atoms with E-state index in [1.165, 1.54) is 10.6 Å². The molecule has 0 aliphatic carbocycles. The van der Waals surface area contributed by atoms with Gasteiger partial charge in [-0.1, -0.05) is 6.07 Å². The Kier molecular flexibility index (Phi) is 4.33. The molecular formula is C18H18FN7O. The summed E-state index contributed by atoms with van der Waals surface area (Å²) in [5, 5.41) is 7.50. The van der Waals surface area contributed by atoms with Gasteiger partial charge in [0, 0.05) is 12.6 Å². The van der Waals surface area contributed by atoms with Crippen LogP contribution < -0.4 is 16.8 Å². The highest BCUT2D eigenvalue weighted by atomic mass is 19.1. The van der Waals surface area contributed by atoms with Gasteiger partial charge in [-0.3, -0.25) is 0 Å². The van der Waals surface area contributed by atoms with E-state index in [2.05, 4.69) is 20.4 Å². The molecule has 0 aliphatic rings. The standard InChI is InChI=1S/C18H18FN7O/c19-12-9-11(5-6-13(12)20)3-1-7-22-16-10-15(21)26-18(23-16)24-17(25-26)14-4-2-8-27-14/h2,4-6,8-10H,1,3,7,20-21H2,(H,22,23,24,25). The van der Waals surface area contributed by atoms with Crippen molar-refractivity contribution >= 4 is 23.1 Å². The third-order valence-electron chi connectivity index (χ3n) is 4.09. The fourth-order valence-electron chi connectivity index (χ4n) is 2.73. The minimum Gasteiger partial charge on any atom is -0.461 e. The van der Waals surface area contributed by atoms with Crippen LogP contribution in [0.2, 0.25) is 0 Å². The van der Waals surface area contributed by atoms with E-state index in [1.54, 1.807) is 30.5 Å². The average molecular weight is 367 g/mol. The molecule has 0 saturated heterocycles. The summed E-state index contributed by atoms with van der Waals surface area (Å²) in [6.07, 6.45) is 3.06. The third kappa shape index (κ3) is 3.52. The predicted molar refractivity (Wildman–Crippen MR) is 101 cm³/mol. The highest BCUT2D eigenvalue weighted by molar-refractivity contribution is 5.56. The van der Waals surface area contributed by atoms with Gasteiger partial charge >= 0.3 is 0 Å². The van der Waals surface area contributed by atoms with Crippen molar-refractivity contribution in [2.45, 2.75) is 12.8 Å². The molecule has 1 aromatic carbocycles. The fraction of sp³-hybridized carbons (Fsp3) is 0.167. The zero-order valence-corrected chi connectivity index (χ0v) is 14.4. The summed E-state index contributed by atoms with van der Waals surface area (Å²) in [6.45, 7) is 0.647. The van der Waals surface area contributed by atoms with Crippen LogP contribution >= 0.6 is 0 Å². The lowest BCUT2D eigenvalue weighted by atomic mass is 10.1. The first-order chi connectivity index (χ1) is 13.1. The average Bonchev–Trinajstić information content (AvgIpc) is 3.31. The number of hydrogen-bond acceptors (Lipinski definition) is 7. The van der Waals surface area contributed by atoms with Crippen molar-refractivity contribution in [2.24, 2.45) is 0 Å². The van der Waals surface area contributed by atoms with E-state index in [-0.39, 0.29) is 11.5 Å². The molecule has 4 aromatic rings. The maximum atomic E-state index is 13.5. The van der Waals surface area contributed by atoms with Crippen molar-refractivity contribution in [1.82, 2.24) is 19.6 Å². The minimum absolute atomic E-state index is 0.159.